The predicted molar refractivity (Wildman–Crippen MR) is 104 cm³/mol. The summed E-state index contributed by atoms with van der Waals surface area (Å²) in [5.74, 6) is 0.121. The number of fused-ring (bicyclic) bond motifs is 1. The molecule has 0 unspecified atom stereocenters. The van der Waals surface area contributed by atoms with E-state index in [-0.39, 0.29) is 18.3 Å². The normalized spacial score (nSPS) is 10.8. The van der Waals surface area contributed by atoms with Gasteiger partial charge in [0.2, 0.25) is 0 Å². The van der Waals surface area contributed by atoms with E-state index in [1.54, 1.807) is 40.9 Å². The summed E-state index contributed by atoms with van der Waals surface area (Å²) in [6.45, 7) is 0.539. The van der Waals surface area contributed by atoms with E-state index in [0.29, 0.717) is 23.6 Å². The molecule has 28 heavy (non-hydrogen) atoms. The van der Waals surface area contributed by atoms with E-state index in [0.717, 1.165) is 11.2 Å². The van der Waals surface area contributed by atoms with Gasteiger partial charge in [0.05, 0.1) is 0 Å². The number of carbonyl (C=O) groups is 1. The zero-order valence-electron chi connectivity index (χ0n) is 15.0. The minimum Gasteiger partial charge on any atom is -0.489 e. The van der Waals surface area contributed by atoms with Gasteiger partial charge in [0.25, 0.3) is 5.91 Å². The molecule has 0 bridgehead atoms. The smallest absolute Gasteiger partial charge is 0.271 e. The van der Waals surface area contributed by atoms with Crippen LogP contribution in [0.15, 0.2) is 79.1 Å². The van der Waals surface area contributed by atoms with Gasteiger partial charge >= 0.3 is 0 Å². The van der Waals surface area contributed by atoms with Gasteiger partial charge in [0.1, 0.15) is 29.5 Å². The molecule has 2 aromatic carbocycles. The number of nitrogens with one attached hydrogen (secondary N) is 1. The molecule has 0 aliphatic heterocycles. The highest BCUT2D eigenvalue weighted by molar-refractivity contribution is 5.92. The van der Waals surface area contributed by atoms with Gasteiger partial charge in [-0.25, -0.2) is 9.37 Å². The van der Waals surface area contributed by atoms with Crippen molar-refractivity contribution in [3.63, 3.8) is 0 Å². The Balaban J connectivity index is 1.33. The molecule has 2 aromatic heterocycles. The van der Waals surface area contributed by atoms with Crippen molar-refractivity contribution in [1.82, 2.24) is 14.7 Å². The number of halogens is 1. The zero-order valence-corrected chi connectivity index (χ0v) is 15.0. The fourth-order valence-corrected chi connectivity index (χ4v) is 2.80. The molecule has 1 N–H and O–H groups in total. The van der Waals surface area contributed by atoms with Crippen LogP contribution in [-0.2, 0) is 13.2 Å². The van der Waals surface area contributed by atoms with Crippen molar-refractivity contribution < 1.29 is 13.9 Å². The molecule has 0 fully saturated rings. The van der Waals surface area contributed by atoms with Crippen LogP contribution >= 0.6 is 0 Å². The van der Waals surface area contributed by atoms with Crippen LogP contribution < -0.4 is 10.1 Å². The number of pyridine rings is 1. The highest BCUT2D eigenvalue weighted by Gasteiger charge is 2.10. The van der Waals surface area contributed by atoms with Crippen molar-refractivity contribution in [3.05, 3.63) is 102 Å². The second-order valence-corrected chi connectivity index (χ2v) is 6.30. The van der Waals surface area contributed by atoms with E-state index in [9.17, 15) is 9.18 Å². The lowest BCUT2D eigenvalue weighted by Gasteiger charge is -2.08. The molecule has 2 heterocycles. The molecular weight excluding hydrogens is 357 g/mol. The van der Waals surface area contributed by atoms with E-state index < -0.39 is 0 Å². The Morgan fingerprint density at radius 2 is 1.82 bits per heavy atom. The van der Waals surface area contributed by atoms with Gasteiger partial charge in [-0.1, -0.05) is 36.4 Å². The lowest BCUT2D eigenvalue weighted by Crippen LogP contribution is -2.23. The average Bonchev–Trinajstić information content (AvgIpc) is 3.17. The van der Waals surface area contributed by atoms with Crippen LogP contribution in [0.5, 0.6) is 5.75 Å². The summed E-state index contributed by atoms with van der Waals surface area (Å²) < 4.78 is 21.0. The summed E-state index contributed by atoms with van der Waals surface area (Å²) in [4.78, 5) is 16.6. The number of nitrogens with zero attached hydrogens (tertiary/aromatic N) is 2. The third-order valence-corrected chi connectivity index (χ3v) is 4.33. The van der Waals surface area contributed by atoms with Gasteiger partial charge in [-0.05, 0) is 35.9 Å². The third kappa shape index (κ3) is 4.01. The molecule has 1 amide bonds. The Bertz CT molecular complexity index is 1070. The lowest BCUT2D eigenvalue weighted by atomic mass is 10.2. The molecule has 0 saturated heterocycles. The first-order valence-electron chi connectivity index (χ1n) is 8.86. The van der Waals surface area contributed by atoms with Crippen molar-refractivity contribution in [1.29, 1.82) is 0 Å². The van der Waals surface area contributed by atoms with Crippen LogP contribution in [0.25, 0.3) is 5.65 Å². The Labute approximate surface area is 161 Å². The van der Waals surface area contributed by atoms with Crippen LogP contribution in [-0.4, -0.2) is 15.3 Å². The average molecular weight is 375 g/mol. The molecule has 0 spiro atoms. The van der Waals surface area contributed by atoms with Gasteiger partial charge in [0, 0.05) is 24.5 Å². The van der Waals surface area contributed by atoms with Gasteiger partial charge in [0.15, 0.2) is 0 Å². The van der Waals surface area contributed by atoms with Gasteiger partial charge in [-0.3, -0.25) is 4.79 Å². The predicted octanol–water partition coefficient (Wildman–Crippen LogP) is 3.98. The monoisotopic (exact) mass is 375 g/mol. The van der Waals surface area contributed by atoms with Crippen molar-refractivity contribution >= 4 is 11.6 Å². The first-order chi connectivity index (χ1) is 13.7. The van der Waals surface area contributed by atoms with Crippen molar-refractivity contribution in [2.75, 3.05) is 0 Å². The number of hydrogen-bond acceptors (Lipinski definition) is 3. The first-order valence-corrected chi connectivity index (χ1v) is 8.86. The number of benzene rings is 2. The largest absolute Gasteiger partial charge is 0.489 e. The van der Waals surface area contributed by atoms with Gasteiger partial charge < -0.3 is 14.5 Å². The minimum absolute atomic E-state index is 0.163. The van der Waals surface area contributed by atoms with E-state index in [1.807, 2.05) is 36.5 Å². The van der Waals surface area contributed by atoms with E-state index >= 15 is 0 Å². The summed E-state index contributed by atoms with van der Waals surface area (Å²) in [6, 6.07) is 19.4. The number of imidazole rings is 1. The first kappa shape index (κ1) is 17.7. The molecule has 0 radical (unpaired) electrons. The second-order valence-electron chi connectivity index (χ2n) is 6.30. The quantitative estimate of drug-likeness (QED) is 0.555. The van der Waals surface area contributed by atoms with E-state index in [4.69, 9.17) is 4.74 Å². The van der Waals surface area contributed by atoms with Gasteiger partial charge in [-0.15, -0.1) is 0 Å². The second kappa shape index (κ2) is 7.92. The molecular formula is C22H18FN3O2. The fraction of sp³-hybridized carbons (Fsp3) is 0.0909. The zero-order chi connectivity index (χ0) is 19.3. The Hall–Kier alpha value is -3.67. The van der Waals surface area contributed by atoms with Crippen LogP contribution in [0.3, 0.4) is 0 Å². The number of amides is 1. The third-order valence-electron chi connectivity index (χ3n) is 4.33. The van der Waals surface area contributed by atoms with Crippen LogP contribution in [0.4, 0.5) is 4.39 Å². The Kier molecular flexibility index (Phi) is 5.01. The minimum atomic E-state index is -0.284. The molecule has 5 nitrogen and oxygen atoms in total. The summed E-state index contributed by atoms with van der Waals surface area (Å²) in [7, 11) is 0. The Morgan fingerprint density at radius 1 is 1.04 bits per heavy atom. The molecule has 0 aliphatic carbocycles. The molecule has 0 aliphatic rings. The van der Waals surface area contributed by atoms with E-state index in [1.165, 1.54) is 6.07 Å². The number of aromatic nitrogens is 2. The number of rotatable bonds is 6. The standard InChI is InChI=1S/C22H18FN3O2/c23-19-6-2-1-5-17(19)15-28-18-10-8-16(9-11-18)13-24-22(27)20-14-26-12-4-3-7-21(26)25-20/h1-12,14H,13,15H2,(H,24,27). The number of carbonyl (C=O) groups excluding carboxylic acids is 1. The molecule has 4 aromatic rings. The highest BCUT2D eigenvalue weighted by atomic mass is 19.1. The molecule has 0 atom stereocenters. The number of hydrogen-bond donors (Lipinski definition) is 1. The maximum absolute atomic E-state index is 13.6. The molecule has 4 rings (SSSR count). The van der Waals surface area contributed by atoms with Crippen molar-refractivity contribution in [3.8, 4) is 5.75 Å². The summed E-state index contributed by atoms with van der Waals surface area (Å²) in [5, 5.41) is 2.86. The Morgan fingerprint density at radius 3 is 2.61 bits per heavy atom. The highest BCUT2D eigenvalue weighted by Crippen LogP contribution is 2.16. The molecule has 140 valence electrons. The van der Waals surface area contributed by atoms with Crippen LogP contribution in [0, 0.1) is 5.82 Å². The van der Waals surface area contributed by atoms with Crippen molar-refractivity contribution in [2.45, 2.75) is 13.2 Å². The van der Waals surface area contributed by atoms with E-state index in [2.05, 4.69) is 10.3 Å². The van der Waals surface area contributed by atoms with Crippen LogP contribution in [0.2, 0.25) is 0 Å². The lowest BCUT2D eigenvalue weighted by molar-refractivity contribution is 0.0946. The molecule has 6 heteroatoms. The molecule has 0 saturated carbocycles. The van der Waals surface area contributed by atoms with Crippen molar-refractivity contribution in [2.24, 2.45) is 0 Å². The summed E-state index contributed by atoms with van der Waals surface area (Å²) in [6.07, 6.45) is 3.55. The fourth-order valence-electron chi connectivity index (χ4n) is 2.80. The summed E-state index contributed by atoms with van der Waals surface area (Å²) in [5.41, 5.74) is 2.53. The topological polar surface area (TPSA) is 55.6 Å². The SMILES string of the molecule is O=C(NCc1ccc(OCc2ccccc2F)cc1)c1cn2ccccc2n1. The summed E-state index contributed by atoms with van der Waals surface area (Å²) >= 11 is 0. The maximum atomic E-state index is 13.6. The van der Waals surface area contributed by atoms with Gasteiger partial charge in [-0.2, -0.15) is 0 Å². The maximum Gasteiger partial charge on any atom is 0.271 e. The number of ether oxygens (including phenoxy) is 1. The van der Waals surface area contributed by atoms with Crippen LogP contribution in [0.1, 0.15) is 21.6 Å².